The third kappa shape index (κ3) is 3.51. The molecule has 0 spiro atoms. The molecule has 7 heteroatoms. The Morgan fingerprint density at radius 1 is 1.47 bits per heavy atom. The molecule has 104 valence electrons. The van der Waals surface area contributed by atoms with Crippen LogP contribution >= 0.6 is 23.2 Å². The SMILES string of the molecule is COc1c(Cl)cc(NC(=O)[C@@H]2COCCN2)cc1Cl. The highest BCUT2D eigenvalue weighted by atomic mass is 35.5. The number of hydrogen-bond acceptors (Lipinski definition) is 4. The molecule has 1 heterocycles. The van der Waals surface area contributed by atoms with Crippen LogP contribution in [0, 0.1) is 0 Å². The maximum Gasteiger partial charge on any atom is 0.243 e. The number of carbonyl (C=O) groups excluding carboxylic acids is 1. The molecule has 1 aromatic carbocycles. The smallest absolute Gasteiger partial charge is 0.243 e. The van der Waals surface area contributed by atoms with Gasteiger partial charge in [-0.05, 0) is 12.1 Å². The summed E-state index contributed by atoms with van der Waals surface area (Å²) in [5, 5.41) is 6.49. The molecule has 1 aliphatic heterocycles. The van der Waals surface area contributed by atoms with Crippen LogP contribution in [0.15, 0.2) is 12.1 Å². The van der Waals surface area contributed by atoms with E-state index in [1.807, 2.05) is 0 Å². The summed E-state index contributed by atoms with van der Waals surface area (Å²) in [6.07, 6.45) is 0. The van der Waals surface area contributed by atoms with Crippen molar-refractivity contribution in [3.05, 3.63) is 22.2 Å². The maximum absolute atomic E-state index is 12.0. The molecule has 1 aliphatic rings. The normalized spacial score (nSPS) is 19.0. The van der Waals surface area contributed by atoms with Crippen LogP contribution in [0.4, 0.5) is 5.69 Å². The molecule has 19 heavy (non-hydrogen) atoms. The van der Waals surface area contributed by atoms with Crippen molar-refractivity contribution in [2.45, 2.75) is 6.04 Å². The second-order valence-electron chi connectivity index (χ2n) is 4.04. The van der Waals surface area contributed by atoms with Gasteiger partial charge < -0.3 is 20.1 Å². The summed E-state index contributed by atoms with van der Waals surface area (Å²) in [7, 11) is 1.48. The number of ether oxygens (including phenoxy) is 2. The van der Waals surface area contributed by atoms with Crippen LogP contribution in [0.25, 0.3) is 0 Å². The predicted octanol–water partition coefficient (Wildman–Crippen LogP) is 1.93. The van der Waals surface area contributed by atoms with E-state index in [4.69, 9.17) is 32.7 Å². The molecule has 2 N–H and O–H groups in total. The van der Waals surface area contributed by atoms with Crippen molar-refractivity contribution >= 4 is 34.8 Å². The molecule has 0 aliphatic carbocycles. The van der Waals surface area contributed by atoms with E-state index >= 15 is 0 Å². The Labute approximate surface area is 121 Å². The van der Waals surface area contributed by atoms with Crippen LogP contribution in [0.3, 0.4) is 0 Å². The minimum atomic E-state index is -0.367. The fraction of sp³-hybridized carbons (Fsp3) is 0.417. The molecule has 0 bridgehead atoms. The third-order valence-corrected chi connectivity index (χ3v) is 3.27. The molecule has 1 saturated heterocycles. The third-order valence-electron chi connectivity index (χ3n) is 2.71. The summed E-state index contributed by atoms with van der Waals surface area (Å²) < 4.78 is 10.3. The second kappa shape index (κ2) is 6.43. The first-order valence-electron chi connectivity index (χ1n) is 5.77. The van der Waals surface area contributed by atoms with Gasteiger partial charge in [-0.15, -0.1) is 0 Å². The quantitative estimate of drug-likeness (QED) is 0.896. The van der Waals surface area contributed by atoms with Crippen LogP contribution < -0.4 is 15.4 Å². The number of morpholine rings is 1. The lowest BCUT2D eigenvalue weighted by Gasteiger charge is -2.23. The van der Waals surface area contributed by atoms with Crippen molar-refractivity contribution < 1.29 is 14.3 Å². The zero-order valence-corrected chi connectivity index (χ0v) is 11.8. The molecule has 1 atom stereocenters. The first-order chi connectivity index (χ1) is 9.11. The Kier molecular flexibility index (Phi) is 4.87. The first-order valence-corrected chi connectivity index (χ1v) is 6.52. The molecular formula is C12H14Cl2N2O3. The number of anilines is 1. The summed E-state index contributed by atoms with van der Waals surface area (Å²) in [6.45, 7) is 1.62. The van der Waals surface area contributed by atoms with Crippen LogP contribution in [-0.4, -0.2) is 38.8 Å². The molecule has 0 aromatic heterocycles. The van der Waals surface area contributed by atoms with Gasteiger partial charge in [0, 0.05) is 12.2 Å². The van der Waals surface area contributed by atoms with Gasteiger partial charge in [-0.2, -0.15) is 0 Å². The van der Waals surface area contributed by atoms with Crippen molar-refractivity contribution in [1.29, 1.82) is 0 Å². The summed E-state index contributed by atoms with van der Waals surface area (Å²) >= 11 is 12.0. The topological polar surface area (TPSA) is 59.6 Å². The van der Waals surface area contributed by atoms with Gasteiger partial charge in [0.05, 0.1) is 30.4 Å². The van der Waals surface area contributed by atoms with Crippen LogP contribution in [0.1, 0.15) is 0 Å². The summed E-state index contributed by atoms with van der Waals surface area (Å²) in [6, 6.07) is 2.82. The zero-order valence-electron chi connectivity index (χ0n) is 10.3. The number of nitrogens with one attached hydrogen (secondary N) is 2. The van der Waals surface area contributed by atoms with Gasteiger partial charge in [0.1, 0.15) is 6.04 Å². The Hall–Kier alpha value is -1.01. The van der Waals surface area contributed by atoms with E-state index in [1.165, 1.54) is 7.11 Å². The molecule has 2 rings (SSSR count). The second-order valence-corrected chi connectivity index (χ2v) is 4.86. The molecule has 1 fully saturated rings. The van der Waals surface area contributed by atoms with Crippen molar-refractivity contribution in [3.63, 3.8) is 0 Å². The average molecular weight is 305 g/mol. The minimum absolute atomic E-state index is 0.183. The highest BCUT2D eigenvalue weighted by molar-refractivity contribution is 6.37. The lowest BCUT2D eigenvalue weighted by atomic mass is 10.2. The number of rotatable bonds is 3. The lowest BCUT2D eigenvalue weighted by molar-refractivity contribution is -0.120. The van der Waals surface area contributed by atoms with Crippen LogP contribution in [0.2, 0.25) is 10.0 Å². The number of carbonyl (C=O) groups is 1. The van der Waals surface area contributed by atoms with Crippen LogP contribution in [0.5, 0.6) is 5.75 Å². The fourth-order valence-electron chi connectivity index (χ4n) is 1.79. The Morgan fingerprint density at radius 3 is 2.68 bits per heavy atom. The van der Waals surface area contributed by atoms with Crippen molar-refractivity contribution in [3.8, 4) is 5.75 Å². The Morgan fingerprint density at radius 2 is 2.16 bits per heavy atom. The van der Waals surface area contributed by atoms with Crippen molar-refractivity contribution in [2.24, 2.45) is 0 Å². The van der Waals surface area contributed by atoms with Gasteiger partial charge in [0.2, 0.25) is 5.91 Å². The van der Waals surface area contributed by atoms with Crippen molar-refractivity contribution in [1.82, 2.24) is 5.32 Å². The summed E-state index contributed by atoms with van der Waals surface area (Å²) in [4.78, 5) is 12.0. The van der Waals surface area contributed by atoms with Gasteiger partial charge >= 0.3 is 0 Å². The zero-order chi connectivity index (χ0) is 13.8. The highest BCUT2D eigenvalue weighted by Gasteiger charge is 2.21. The Bertz CT molecular complexity index is 453. The monoisotopic (exact) mass is 304 g/mol. The predicted molar refractivity (Wildman–Crippen MR) is 74.3 cm³/mol. The van der Waals surface area contributed by atoms with Gasteiger partial charge in [-0.25, -0.2) is 0 Å². The molecule has 0 radical (unpaired) electrons. The van der Waals surface area contributed by atoms with Gasteiger partial charge in [0.15, 0.2) is 5.75 Å². The van der Waals surface area contributed by atoms with Gasteiger partial charge in [0.25, 0.3) is 0 Å². The lowest BCUT2D eigenvalue weighted by Crippen LogP contribution is -2.48. The Balaban J connectivity index is 2.08. The van der Waals surface area contributed by atoms with E-state index in [0.29, 0.717) is 41.2 Å². The van der Waals surface area contributed by atoms with E-state index in [0.717, 1.165) is 0 Å². The molecule has 1 aromatic rings. The largest absolute Gasteiger partial charge is 0.494 e. The van der Waals surface area contributed by atoms with Gasteiger partial charge in [-0.3, -0.25) is 4.79 Å². The number of hydrogen-bond donors (Lipinski definition) is 2. The van der Waals surface area contributed by atoms with E-state index in [9.17, 15) is 4.79 Å². The van der Waals surface area contributed by atoms with E-state index in [2.05, 4.69) is 10.6 Å². The molecule has 0 unspecified atom stereocenters. The molecule has 1 amide bonds. The molecular weight excluding hydrogens is 291 g/mol. The summed E-state index contributed by atoms with van der Waals surface area (Å²) in [5.41, 5.74) is 0.521. The number of methoxy groups -OCH3 is 1. The standard InChI is InChI=1S/C12H14Cl2N2O3/c1-18-11-8(13)4-7(5-9(11)14)16-12(17)10-6-19-3-2-15-10/h4-5,10,15H,2-3,6H2,1H3,(H,16,17)/t10-/m0/s1. The summed E-state index contributed by atoms with van der Waals surface area (Å²) in [5.74, 6) is 0.206. The van der Waals surface area contributed by atoms with E-state index in [-0.39, 0.29) is 11.9 Å². The van der Waals surface area contributed by atoms with E-state index in [1.54, 1.807) is 12.1 Å². The van der Waals surface area contributed by atoms with Gasteiger partial charge in [-0.1, -0.05) is 23.2 Å². The van der Waals surface area contributed by atoms with Crippen molar-refractivity contribution in [2.75, 3.05) is 32.2 Å². The van der Waals surface area contributed by atoms with Crippen LogP contribution in [-0.2, 0) is 9.53 Å². The number of halogens is 2. The minimum Gasteiger partial charge on any atom is -0.494 e. The van der Waals surface area contributed by atoms with E-state index < -0.39 is 0 Å². The molecule has 0 saturated carbocycles. The first kappa shape index (κ1) is 14.4. The number of amides is 1. The number of benzene rings is 1. The highest BCUT2D eigenvalue weighted by Crippen LogP contribution is 2.35. The maximum atomic E-state index is 12.0. The average Bonchev–Trinajstić information content (AvgIpc) is 2.39. The molecule has 5 nitrogen and oxygen atoms in total. The fourth-order valence-corrected chi connectivity index (χ4v) is 2.43.